The summed E-state index contributed by atoms with van der Waals surface area (Å²) in [5, 5.41) is 19.1. The Morgan fingerprint density at radius 2 is 1.83 bits per heavy atom. The molecule has 156 valence electrons. The first-order valence-corrected chi connectivity index (χ1v) is 10.2. The Labute approximate surface area is 183 Å². The van der Waals surface area contributed by atoms with E-state index in [1.807, 2.05) is 23.6 Å². The molecular formula is C21H20ClN3O4S. The number of carbonyl (C=O) groups is 1. The van der Waals surface area contributed by atoms with Crippen molar-refractivity contribution in [2.45, 2.75) is 18.6 Å². The van der Waals surface area contributed by atoms with Gasteiger partial charge in [-0.25, -0.2) is 4.79 Å². The SMILES string of the molecule is CCn1c(S/C(=C\c2ccccc2Cl)C(=O)O)nnc1-c1cc(OC)cc(OC)c1. The van der Waals surface area contributed by atoms with E-state index in [0.29, 0.717) is 39.6 Å². The summed E-state index contributed by atoms with van der Waals surface area (Å²) in [6, 6.07) is 12.5. The molecular weight excluding hydrogens is 426 g/mol. The van der Waals surface area contributed by atoms with Crippen LogP contribution >= 0.6 is 23.4 Å². The van der Waals surface area contributed by atoms with Crippen LogP contribution in [0.25, 0.3) is 17.5 Å². The van der Waals surface area contributed by atoms with E-state index < -0.39 is 5.97 Å². The zero-order valence-electron chi connectivity index (χ0n) is 16.6. The number of nitrogens with zero attached hydrogens (tertiary/aromatic N) is 3. The van der Waals surface area contributed by atoms with E-state index in [9.17, 15) is 9.90 Å². The maximum absolute atomic E-state index is 11.8. The highest BCUT2D eigenvalue weighted by Gasteiger charge is 2.19. The van der Waals surface area contributed by atoms with Gasteiger partial charge in [-0.15, -0.1) is 10.2 Å². The molecule has 1 heterocycles. The van der Waals surface area contributed by atoms with Crippen LogP contribution in [-0.4, -0.2) is 40.1 Å². The third-order valence-electron chi connectivity index (χ3n) is 4.25. The molecule has 3 aromatic rings. The molecule has 0 radical (unpaired) electrons. The maximum Gasteiger partial charge on any atom is 0.342 e. The molecule has 0 saturated heterocycles. The number of hydrogen-bond acceptors (Lipinski definition) is 6. The molecule has 0 aliphatic carbocycles. The summed E-state index contributed by atoms with van der Waals surface area (Å²) >= 11 is 7.19. The third kappa shape index (κ3) is 4.77. The van der Waals surface area contributed by atoms with E-state index in [2.05, 4.69) is 10.2 Å². The van der Waals surface area contributed by atoms with Crippen LogP contribution in [0.2, 0.25) is 5.02 Å². The fourth-order valence-corrected chi connectivity index (χ4v) is 3.83. The van der Waals surface area contributed by atoms with Gasteiger partial charge in [0.25, 0.3) is 0 Å². The van der Waals surface area contributed by atoms with Crippen molar-refractivity contribution in [3.63, 3.8) is 0 Å². The highest BCUT2D eigenvalue weighted by molar-refractivity contribution is 8.04. The number of hydrogen-bond donors (Lipinski definition) is 1. The summed E-state index contributed by atoms with van der Waals surface area (Å²) in [5.74, 6) is 0.748. The van der Waals surface area contributed by atoms with E-state index in [0.717, 1.165) is 17.3 Å². The van der Waals surface area contributed by atoms with Crippen molar-refractivity contribution in [2.75, 3.05) is 14.2 Å². The van der Waals surface area contributed by atoms with Gasteiger partial charge < -0.3 is 19.1 Å². The lowest BCUT2D eigenvalue weighted by Crippen LogP contribution is -2.03. The van der Waals surface area contributed by atoms with Crippen LogP contribution < -0.4 is 9.47 Å². The maximum atomic E-state index is 11.8. The fraction of sp³-hybridized carbons (Fsp3) is 0.190. The minimum absolute atomic E-state index is 0.0833. The van der Waals surface area contributed by atoms with E-state index >= 15 is 0 Å². The lowest BCUT2D eigenvalue weighted by Gasteiger charge is -2.10. The van der Waals surface area contributed by atoms with E-state index in [1.54, 1.807) is 44.6 Å². The van der Waals surface area contributed by atoms with E-state index in [4.69, 9.17) is 21.1 Å². The first-order valence-electron chi connectivity index (χ1n) is 9.00. The number of carboxylic acids is 1. The monoisotopic (exact) mass is 445 g/mol. The van der Waals surface area contributed by atoms with Gasteiger partial charge in [-0.2, -0.15) is 0 Å². The standard InChI is InChI=1S/C21H20ClN3O4S/c1-4-25-19(14-9-15(28-2)12-16(10-14)29-3)23-24-21(25)30-18(20(26)27)11-13-7-5-6-8-17(13)22/h5-12H,4H2,1-3H3,(H,26,27)/b18-11-. The Morgan fingerprint density at radius 1 is 1.17 bits per heavy atom. The predicted octanol–water partition coefficient (Wildman–Crippen LogP) is 4.85. The molecule has 0 aliphatic rings. The highest BCUT2D eigenvalue weighted by Crippen LogP contribution is 2.34. The smallest absolute Gasteiger partial charge is 0.342 e. The van der Waals surface area contributed by atoms with Crippen LogP contribution in [0.15, 0.2) is 52.5 Å². The van der Waals surface area contributed by atoms with Crippen molar-refractivity contribution in [1.82, 2.24) is 14.8 Å². The molecule has 1 N–H and O–H groups in total. The van der Waals surface area contributed by atoms with Crippen LogP contribution in [0.5, 0.6) is 11.5 Å². The molecule has 0 aliphatic heterocycles. The van der Waals surface area contributed by atoms with Crippen molar-refractivity contribution in [3.8, 4) is 22.9 Å². The van der Waals surface area contributed by atoms with Gasteiger partial charge >= 0.3 is 5.97 Å². The first-order chi connectivity index (χ1) is 14.5. The summed E-state index contributed by atoms with van der Waals surface area (Å²) in [4.78, 5) is 11.9. The molecule has 0 amide bonds. The number of thioether (sulfide) groups is 1. The van der Waals surface area contributed by atoms with Crippen LogP contribution in [-0.2, 0) is 11.3 Å². The van der Waals surface area contributed by atoms with Crippen molar-refractivity contribution in [2.24, 2.45) is 0 Å². The summed E-state index contributed by atoms with van der Waals surface area (Å²) < 4.78 is 12.5. The molecule has 2 aromatic carbocycles. The third-order valence-corrected chi connectivity index (χ3v) is 5.59. The number of rotatable bonds is 8. The topological polar surface area (TPSA) is 86.5 Å². The number of benzene rings is 2. The van der Waals surface area contributed by atoms with Gasteiger partial charge in [-0.1, -0.05) is 29.8 Å². The molecule has 0 fully saturated rings. The van der Waals surface area contributed by atoms with Gasteiger partial charge in [0.05, 0.1) is 14.2 Å². The molecule has 3 rings (SSSR count). The zero-order chi connectivity index (χ0) is 21.7. The highest BCUT2D eigenvalue weighted by atomic mass is 35.5. The minimum atomic E-state index is -1.07. The normalized spacial score (nSPS) is 11.4. The molecule has 1 aromatic heterocycles. The van der Waals surface area contributed by atoms with Gasteiger partial charge in [0.1, 0.15) is 16.4 Å². The van der Waals surface area contributed by atoms with Gasteiger partial charge in [-0.3, -0.25) is 0 Å². The average molecular weight is 446 g/mol. The second-order valence-corrected chi connectivity index (χ2v) is 7.51. The molecule has 0 unspecified atom stereocenters. The molecule has 0 spiro atoms. The number of methoxy groups -OCH3 is 2. The summed E-state index contributed by atoms with van der Waals surface area (Å²) in [6.45, 7) is 2.48. The van der Waals surface area contributed by atoms with Gasteiger partial charge in [0.2, 0.25) is 0 Å². The zero-order valence-corrected chi connectivity index (χ0v) is 18.2. The summed E-state index contributed by atoms with van der Waals surface area (Å²) in [6.07, 6.45) is 1.53. The number of carboxylic acid groups (broad SMARTS) is 1. The fourth-order valence-electron chi connectivity index (χ4n) is 2.77. The van der Waals surface area contributed by atoms with Gasteiger partial charge in [0.15, 0.2) is 11.0 Å². The van der Waals surface area contributed by atoms with E-state index in [-0.39, 0.29) is 4.91 Å². The number of aliphatic carboxylic acids is 1. The first kappa shape index (κ1) is 21.7. The lowest BCUT2D eigenvalue weighted by molar-refractivity contribution is -0.131. The second-order valence-electron chi connectivity index (χ2n) is 6.09. The molecule has 30 heavy (non-hydrogen) atoms. The number of halogens is 1. The van der Waals surface area contributed by atoms with Crippen molar-refractivity contribution < 1.29 is 19.4 Å². The van der Waals surface area contributed by atoms with Crippen LogP contribution in [0, 0.1) is 0 Å². The average Bonchev–Trinajstić information content (AvgIpc) is 3.16. The van der Waals surface area contributed by atoms with Crippen molar-refractivity contribution >= 4 is 35.4 Å². The molecule has 7 nitrogen and oxygen atoms in total. The number of ether oxygens (including phenoxy) is 2. The molecule has 0 bridgehead atoms. The Morgan fingerprint density at radius 3 is 2.40 bits per heavy atom. The molecule has 0 atom stereocenters. The quantitative estimate of drug-likeness (QED) is 0.391. The minimum Gasteiger partial charge on any atom is -0.497 e. The Hall–Kier alpha value is -2.97. The lowest BCUT2D eigenvalue weighted by atomic mass is 10.2. The van der Waals surface area contributed by atoms with Gasteiger partial charge in [0, 0.05) is 23.2 Å². The van der Waals surface area contributed by atoms with Crippen LogP contribution in [0.3, 0.4) is 0 Å². The number of aromatic nitrogens is 3. The van der Waals surface area contributed by atoms with Crippen LogP contribution in [0.4, 0.5) is 0 Å². The summed E-state index contributed by atoms with van der Waals surface area (Å²) in [7, 11) is 3.14. The Balaban J connectivity index is 2.01. The predicted molar refractivity (Wildman–Crippen MR) is 117 cm³/mol. The largest absolute Gasteiger partial charge is 0.497 e. The van der Waals surface area contributed by atoms with E-state index in [1.165, 1.54) is 6.08 Å². The van der Waals surface area contributed by atoms with Gasteiger partial charge in [-0.05, 0) is 48.5 Å². The Kier molecular flexibility index (Phi) is 7.02. The summed E-state index contributed by atoms with van der Waals surface area (Å²) in [5.41, 5.74) is 1.36. The molecule has 0 saturated carbocycles. The second kappa shape index (κ2) is 9.69. The molecule has 9 heteroatoms. The Bertz CT molecular complexity index is 1080. The van der Waals surface area contributed by atoms with Crippen LogP contribution in [0.1, 0.15) is 12.5 Å². The van der Waals surface area contributed by atoms with Crippen molar-refractivity contribution in [1.29, 1.82) is 0 Å². The van der Waals surface area contributed by atoms with Crippen molar-refractivity contribution in [3.05, 3.63) is 58.0 Å².